The highest BCUT2D eigenvalue weighted by Gasteiger charge is 2.10. The zero-order valence-electron chi connectivity index (χ0n) is 9.95. The lowest BCUT2D eigenvalue weighted by molar-refractivity contribution is 0.102. The number of rotatable bonds is 2. The summed E-state index contributed by atoms with van der Waals surface area (Å²) in [6.07, 6.45) is 0. The number of benzene rings is 2. The molecule has 2 aromatic rings. The van der Waals surface area contributed by atoms with Crippen molar-refractivity contribution in [1.29, 1.82) is 5.26 Å². The van der Waals surface area contributed by atoms with Crippen molar-refractivity contribution in [2.45, 2.75) is 0 Å². The first-order valence-corrected chi connectivity index (χ1v) is 6.64. The molecule has 0 spiro atoms. The summed E-state index contributed by atoms with van der Waals surface area (Å²) >= 11 is 9.14. The Bertz CT molecular complexity index is 728. The molecule has 1 N–H and O–H groups in total. The molecule has 0 fully saturated rings. The Kier molecular flexibility index (Phi) is 4.38. The van der Waals surface area contributed by atoms with E-state index in [1.54, 1.807) is 18.2 Å². The topological polar surface area (TPSA) is 52.9 Å². The number of carbonyl (C=O) groups excluding carboxylic acids is 1. The van der Waals surface area contributed by atoms with Crippen LogP contribution in [0.2, 0.25) is 5.02 Å². The van der Waals surface area contributed by atoms with Crippen molar-refractivity contribution in [3.63, 3.8) is 0 Å². The third-order valence-electron chi connectivity index (χ3n) is 2.53. The molecular formula is C14H7BrClFN2O. The van der Waals surface area contributed by atoms with E-state index >= 15 is 0 Å². The average molecular weight is 354 g/mol. The zero-order valence-corrected chi connectivity index (χ0v) is 12.3. The van der Waals surface area contributed by atoms with Gasteiger partial charge in [-0.15, -0.1) is 0 Å². The number of hydrogen-bond donors (Lipinski definition) is 1. The molecule has 0 aliphatic heterocycles. The largest absolute Gasteiger partial charge is 0.322 e. The first-order chi connectivity index (χ1) is 9.51. The summed E-state index contributed by atoms with van der Waals surface area (Å²) in [5.41, 5.74) is 0.574. The fraction of sp³-hybridized carbons (Fsp3) is 0. The highest BCUT2D eigenvalue weighted by Crippen LogP contribution is 2.24. The number of amides is 1. The van der Waals surface area contributed by atoms with Gasteiger partial charge in [0.1, 0.15) is 11.9 Å². The van der Waals surface area contributed by atoms with Gasteiger partial charge in [0.15, 0.2) is 0 Å². The van der Waals surface area contributed by atoms with Crippen LogP contribution in [0.1, 0.15) is 15.9 Å². The molecule has 1 amide bonds. The quantitative estimate of drug-likeness (QED) is 0.872. The lowest BCUT2D eigenvalue weighted by Gasteiger charge is -2.07. The number of carbonyl (C=O) groups is 1. The SMILES string of the molecule is N#Cc1cc(NC(=O)c2ccc(Br)c(Cl)c2)ccc1F. The number of nitrogens with one attached hydrogen (secondary N) is 1. The lowest BCUT2D eigenvalue weighted by Crippen LogP contribution is -2.12. The van der Waals surface area contributed by atoms with E-state index in [-0.39, 0.29) is 5.56 Å². The Balaban J connectivity index is 2.23. The molecule has 0 aliphatic carbocycles. The van der Waals surface area contributed by atoms with Crippen LogP contribution < -0.4 is 5.32 Å². The van der Waals surface area contributed by atoms with Gasteiger partial charge in [-0.25, -0.2) is 4.39 Å². The molecule has 20 heavy (non-hydrogen) atoms. The number of halogens is 3. The maximum absolute atomic E-state index is 13.2. The summed E-state index contributed by atoms with van der Waals surface area (Å²) in [6.45, 7) is 0. The number of hydrogen-bond acceptors (Lipinski definition) is 2. The highest BCUT2D eigenvalue weighted by atomic mass is 79.9. The van der Waals surface area contributed by atoms with Crippen molar-refractivity contribution in [2.75, 3.05) is 5.32 Å². The van der Waals surface area contributed by atoms with Gasteiger partial charge in [0.05, 0.1) is 10.6 Å². The average Bonchev–Trinajstić information content (AvgIpc) is 2.43. The monoisotopic (exact) mass is 352 g/mol. The van der Waals surface area contributed by atoms with E-state index in [1.807, 2.05) is 0 Å². The Morgan fingerprint density at radius 3 is 2.70 bits per heavy atom. The van der Waals surface area contributed by atoms with Crippen molar-refractivity contribution < 1.29 is 9.18 Å². The van der Waals surface area contributed by atoms with Gasteiger partial charge >= 0.3 is 0 Å². The smallest absolute Gasteiger partial charge is 0.255 e. The van der Waals surface area contributed by atoms with Crippen molar-refractivity contribution in [3.05, 3.63) is 62.8 Å². The number of nitrogens with zero attached hydrogens (tertiary/aromatic N) is 1. The summed E-state index contributed by atoms with van der Waals surface area (Å²) in [6, 6.07) is 10.3. The minimum atomic E-state index is -0.628. The number of nitriles is 1. The van der Waals surface area contributed by atoms with E-state index in [9.17, 15) is 9.18 Å². The van der Waals surface area contributed by atoms with Gasteiger partial charge in [-0.05, 0) is 52.3 Å². The van der Waals surface area contributed by atoms with E-state index in [1.165, 1.54) is 18.2 Å². The minimum Gasteiger partial charge on any atom is -0.322 e. The summed E-state index contributed by atoms with van der Waals surface area (Å²) < 4.78 is 13.9. The Hall–Kier alpha value is -1.90. The third kappa shape index (κ3) is 3.16. The van der Waals surface area contributed by atoms with Crippen LogP contribution in [-0.2, 0) is 0 Å². The minimum absolute atomic E-state index is 0.128. The van der Waals surface area contributed by atoms with E-state index in [4.69, 9.17) is 16.9 Å². The Labute approximate surface area is 128 Å². The van der Waals surface area contributed by atoms with Crippen LogP contribution in [0.15, 0.2) is 40.9 Å². The molecule has 0 heterocycles. The van der Waals surface area contributed by atoms with Gasteiger partial charge in [-0.2, -0.15) is 5.26 Å². The second-order valence-electron chi connectivity index (χ2n) is 3.89. The molecule has 6 heteroatoms. The van der Waals surface area contributed by atoms with E-state index in [0.717, 1.165) is 6.07 Å². The normalized spacial score (nSPS) is 9.90. The van der Waals surface area contributed by atoms with Crippen molar-refractivity contribution >= 4 is 39.1 Å². The second kappa shape index (κ2) is 6.04. The molecule has 0 atom stereocenters. The van der Waals surface area contributed by atoms with Gasteiger partial charge in [0.2, 0.25) is 0 Å². The molecule has 0 aromatic heterocycles. The lowest BCUT2D eigenvalue weighted by atomic mass is 10.2. The molecule has 0 saturated heterocycles. The van der Waals surface area contributed by atoms with Crippen molar-refractivity contribution in [1.82, 2.24) is 0 Å². The van der Waals surface area contributed by atoms with Crippen LogP contribution in [-0.4, -0.2) is 5.91 Å². The molecular weight excluding hydrogens is 347 g/mol. The van der Waals surface area contributed by atoms with E-state index < -0.39 is 11.7 Å². The molecule has 0 unspecified atom stereocenters. The van der Waals surface area contributed by atoms with E-state index in [0.29, 0.717) is 20.7 Å². The molecule has 0 bridgehead atoms. The highest BCUT2D eigenvalue weighted by molar-refractivity contribution is 9.10. The van der Waals surface area contributed by atoms with E-state index in [2.05, 4.69) is 21.2 Å². The van der Waals surface area contributed by atoms with Crippen LogP contribution in [0.3, 0.4) is 0 Å². The molecule has 3 nitrogen and oxygen atoms in total. The first kappa shape index (κ1) is 14.5. The molecule has 2 rings (SSSR count). The van der Waals surface area contributed by atoms with Gasteiger partial charge < -0.3 is 5.32 Å². The molecule has 100 valence electrons. The second-order valence-corrected chi connectivity index (χ2v) is 5.15. The summed E-state index contributed by atoms with van der Waals surface area (Å²) in [5, 5.41) is 11.7. The predicted octanol–water partition coefficient (Wildman–Crippen LogP) is 4.37. The molecule has 0 aliphatic rings. The fourth-order valence-corrected chi connectivity index (χ4v) is 1.96. The standard InChI is InChI=1S/C14H7BrClFN2O/c15-11-3-1-8(6-12(11)16)14(20)19-10-2-4-13(17)9(5-10)7-18/h1-6H,(H,19,20). The maximum atomic E-state index is 13.2. The van der Waals surface area contributed by atoms with Gasteiger partial charge in [0, 0.05) is 15.7 Å². The first-order valence-electron chi connectivity index (χ1n) is 5.47. The predicted molar refractivity (Wildman–Crippen MR) is 78.2 cm³/mol. The molecule has 0 saturated carbocycles. The van der Waals surface area contributed by atoms with Crippen molar-refractivity contribution in [2.24, 2.45) is 0 Å². The Morgan fingerprint density at radius 1 is 1.30 bits per heavy atom. The summed E-state index contributed by atoms with van der Waals surface area (Å²) in [7, 11) is 0. The fourth-order valence-electron chi connectivity index (χ4n) is 1.53. The molecule has 2 aromatic carbocycles. The van der Waals surface area contributed by atoms with Crippen molar-refractivity contribution in [3.8, 4) is 6.07 Å². The summed E-state index contributed by atoms with van der Waals surface area (Å²) in [4.78, 5) is 12.0. The third-order valence-corrected chi connectivity index (χ3v) is 3.76. The van der Waals surface area contributed by atoms with Gasteiger partial charge in [0.25, 0.3) is 5.91 Å². The van der Waals surface area contributed by atoms with Crippen LogP contribution in [0, 0.1) is 17.1 Å². The van der Waals surface area contributed by atoms with Gasteiger partial charge in [-0.1, -0.05) is 11.6 Å². The van der Waals surface area contributed by atoms with Crippen LogP contribution in [0.25, 0.3) is 0 Å². The summed E-state index contributed by atoms with van der Waals surface area (Å²) in [5.74, 6) is -1.02. The van der Waals surface area contributed by atoms with Crippen LogP contribution in [0.4, 0.5) is 10.1 Å². The molecule has 0 radical (unpaired) electrons. The van der Waals surface area contributed by atoms with Gasteiger partial charge in [-0.3, -0.25) is 4.79 Å². The van der Waals surface area contributed by atoms with Crippen LogP contribution >= 0.6 is 27.5 Å². The number of anilines is 1. The van der Waals surface area contributed by atoms with Crippen LogP contribution in [0.5, 0.6) is 0 Å². The zero-order chi connectivity index (χ0) is 14.7. The Morgan fingerprint density at radius 2 is 2.05 bits per heavy atom. The maximum Gasteiger partial charge on any atom is 0.255 e.